The second-order valence-electron chi connectivity index (χ2n) is 7.20. The van der Waals surface area contributed by atoms with Crippen LogP contribution in [0.25, 0.3) is 10.8 Å². The predicted octanol–water partition coefficient (Wildman–Crippen LogP) is 5.08. The molecule has 9 heteroatoms. The number of esters is 1. The first-order valence-electron chi connectivity index (χ1n) is 10.3. The summed E-state index contributed by atoms with van der Waals surface area (Å²) in [5.41, 5.74) is -0.0416. The van der Waals surface area contributed by atoms with E-state index in [1.54, 1.807) is 42.5 Å². The number of unbranched alkanes of at least 4 members (excludes halogenated alkanes) is 3. The maximum Gasteiger partial charge on any atom is 0.359 e. The number of nitrogens with one attached hydrogen (secondary N) is 1. The number of amides is 1. The molecule has 32 heavy (non-hydrogen) atoms. The first kappa shape index (κ1) is 23.8. The molecule has 0 fully saturated rings. The number of nitrogens with zero attached hydrogens (tertiary/aromatic N) is 2. The van der Waals surface area contributed by atoms with E-state index in [1.165, 1.54) is 4.68 Å². The molecule has 0 saturated heterocycles. The second kappa shape index (κ2) is 11.1. The number of hydrogen-bond donors (Lipinski definition) is 1. The van der Waals surface area contributed by atoms with Crippen molar-refractivity contribution in [3.05, 3.63) is 68.6 Å². The standard InChI is InChI=1S/C23H23Cl2N3O4/c1-2-3-4-7-13-28-22(30)16-10-6-5-9-15(16)20(27-28)23(31)32-14-19(29)26-21-17(24)11-8-12-18(21)25/h5-6,8-12H,2-4,7,13-14H2,1H3,(H,26,29). The van der Waals surface area contributed by atoms with Crippen LogP contribution in [0.4, 0.5) is 5.69 Å². The number of aromatic nitrogens is 2. The molecule has 0 saturated carbocycles. The van der Waals surface area contributed by atoms with Crippen molar-refractivity contribution in [1.82, 2.24) is 9.78 Å². The van der Waals surface area contributed by atoms with Crippen LogP contribution in [0.1, 0.15) is 43.1 Å². The lowest BCUT2D eigenvalue weighted by Crippen LogP contribution is -2.28. The number of carbonyl (C=O) groups is 2. The molecular formula is C23H23Cl2N3O4. The van der Waals surface area contributed by atoms with Gasteiger partial charge in [-0.25, -0.2) is 9.48 Å². The monoisotopic (exact) mass is 475 g/mol. The number of hydrogen-bond acceptors (Lipinski definition) is 5. The Morgan fingerprint density at radius 2 is 1.69 bits per heavy atom. The summed E-state index contributed by atoms with van der Waals surface area (Å²) in [6.07, 6.45) is 3.86. The Bertz CT molecular complexity index is 1170. The van der Waals surface area contributed by atoms with Gasteiger partial charge in [-0.05, 0) is 24.6 Å². The van der Waals surface area contributed by atoms with Crippen LogP contribution in [0.15, 0.2) is 47.3 Å². The number of halogens is 2. The van der Waals surface area contributed by atoms with Gasteiger partial charge < -0.3 is 10.1 Å². The van der Waals surface area contributed by atoms with Crippen molar-refractivity contribution in [3.63, 3.8) is 0 Å². The third kappa shape index (κ3) is 5.66. The van der Waals surface area contributed by atoms with Gasteiger partial charge in [-0.15, -0.1) is 0 Å². The van der Waals surface area contributed by atoms with Crippen molar-refractivity contribution in [1.29, 1.82) is 0 Å². The molecule has 0 atom stereocenters. The minimum absolute atomic E-state index is 0.0146. The fraction of sp³-hybridized carbons (Fsp3) is 0.304. The van der Waals surface area contributed by atoms with Gasteiger partial charge in [-0.3, -0.25) is 9.59 Å². The smallest absolute Gasteiger partial charge is 0.359 e. The summed E-state index contributed by atoms with van der Waals surface area (Å²) in [6.45, 7) is 1.94. The topological polar surface area (TPSA) is 90.3 Å². The van der Waals surface area contributed by atoms with Gasteiger partial charge in [0.15, 0.2) is 12.3 Å². The Morgan fingerprint density at radius 1 is 1.00 bits per heavy atom. The average molecular weight is 476 g/mol. The molecule has 0 aliphatic carbocycles. The summed E-state index contributed by atoms with van der Waals surface area (Å²) >= 11 is 12.1. The zero-order valence-electron chi connectivity index (χ0n) is 17.6. The van der Waals surface area contributed by atoms with E-state index in [-0.39, 0.29) is 27.0 Å². The van der Waals surface area contributed by atoms with E-state index in [4.69, 9.17) is 27.9 Å². The van der Waals surface area contributed by atoms with Gasteiger partial charge in [-0.2, -0.15) is 5.10 Å². The third-order valence-electron chi connectivity index (χ3n) is 4.85. The lowest BCUT2D eigenvalue weighted by molar-refractivity contribution is -0.119. The van der Waals surface area contributed by atoms with E-state index < -0.39 is 18.5 Å². The van der Waals surface area contributed by atoms with Crippen LogP contribution >= 0.6 is 23.2 Å². The molecule has 1 N–H and O–H groups in total. The molecule has 0 aliphatic rings. The van der Waals surface area contributed by atoms with Gasteiger partial charge in [0.25, 0.3) is 11.5 Å². The Kier molecular flexibility index (Phi) is 8.25. The van der Waals surface area contributed by atoms with Gasteiger partial charge in [0.05, 0.1) is 21.1 Å². The number of ether oxygens (including phenoxy) is 1. The lowest BCUT2D eigenvalue weighted by atomic mass is 10.1. The molecule has 0 unspecified atom stereocenters. The van der Waals surface area contributed by atoms with Crippen molar-refractivity contribution in [3.8, 4) is 0 Å². The molecule has 1 amide bonds. The van der Waals surface area contributed by atoms with Crippen LogP contribution in [-0.2, 0) is 16.1 Å². The quantitative estimate of drug-likeness (QED) is 0.344. The lowest BCUT2D eigenvalue weighted by Gasteiger charge is -2.12. The highest BCUT2D eigenvalue weighted by Gasteiger charge is 2.19. The highest BCUT2D eigenvalue weighted by molar-refractivity contribution is 6.39. The normalized spacial score (nSPS) is 10.8. The molecule has 0 spiro atoms. The van der Waals surface area contributed by atoms with Gasteiger partial charge >= 0.3 is 5.97 Å². The molecule has 3 rings (SSSR count). The molecule has 0 aliphatic heterocycles. The van der Waals surface area contributed by atoms with Gasteiger partial charge in [-0.1, -0.05) is 73.7 Å². The molecule has 0 bridgehead atoms. The van der Waals surface area contributed by atoms with E-state index in [9.17, 15) is 14.4 Å². The van der Waals surface area contributed by atoms with Gasteiger partial charge in [0.1, 0.15) is 0 Å². The van der Waals surface area contributed by atoms with E-state index in [2.05, 4.69) is 17.3 Å². The van der Waals surface area contributed by atoms with E-state index in [0.29, 0.717) is 17.3 Å². The van der Waals surface area contributed by atoms with Crippen LogP contribution in [0.3, 0.4) is 0 Å². The fourth-order valence-corrected chi connectivity index (χ4v) is 3.71. The first-order chi connectivity index (χ1) is 15.4. The van der Waals surface area contributed by atoms with E-state index in [1.807, 2.05) is 0 Å². The summed E-state index contributed by atoms with van der Waals surface area (Å²) in [7, 11) is 0. The summed E-state index contributed by atoms with van der Waals surface area (Å²) in [4.78, 5) is 37.8. The molecule has 0 radical (unpaired) electrons. The number of rotatable bonds is 9. The number of fused-ring (bicyclic) bond motifs is 1. The fourth-order valence-electron chi connectivity index (χ4n) is 3.22. The van der Waals surface area contributed by atoms with Crippen molar-refractivity contribution in [2.75, 3.05) is 11.9 Å². The Labute approximate surface area is 195 Å². The minimum atomic E-state index is -0.802. The number of para-hydroxylation sites is 1. The Hall–Kier alpha value is -2.90. The van der Waals surface area contributed by atoms with Gasteiger partial charge in [0, 0.05) is 11.9 Å². The van der Waals surface area contributed by atoms with Crippen LogP contribution in [0.5, 0.6) is 0 Å². The highest BCUT2D eigenvalue weighted by atomic mass is 35.5. The second-order valence-corrected chi connectivity index (χ2v) is 8.02. The molecule has 3 aromatic rings. The molecule has 2 aromatic carbocycles. The summed E-state index contributed by atoms with van der Waals surface area (Å²) in [5, 5.41) is 8.05. The maximum atomic E-state index is 12.8. The SMILES string of the molecule is CCCCCCn1nc(C(=O)OCC(=O)Nc2c(Cl)cccc2Cl)c2ccccc2c1=O. The summed E-state index contributed by atoms with van der Waals surface area (Å²) in [5.74, 6) is -1.41. The zero-order chi connectivity index (χ0) is 23.1. The number of aryl methyl sites for hydroxylation is 1. The highest BCUT2D eigenvalue weighted by Crippen LogP contribution is 2.29. The van der Waals surface area contributed by atoms with Crippen LogP contribution in [0, 0.1) is 0 Å². The summed E-state index contributed by atoms with van der Waals surface area (Å²) in [6, 6.07) is 11.5. The molecule has 168 valence electrons. The number of carbonyl (C=O) groups excluding carboxylic acids is 2. The molecular weight excluding hydrogens is 453 g/mol. The average Bonchev–Trinajstić information content (AvgIpc) is 2.79. The largest absolute Gasteiger partial charge is 0.451 e. The van der Waals surface area contributed by atoms with Crippen molar-refractivity contribution in [2.24, 2.45) is 0 Å². The number of benzene rings is 2. The first-order valence-corrected chi connectivity index (χ1v) is 11.1. The van der Waals surface area contributed by atoms with Crippen molar-refractivity contribution >= 4 is 51.5 Å². The molecule has 1 aromatic heterocycles. The van der Waals surface area contributed by atoms with Crippen molar-refractivity contribution in [2.45, 2.75) is 39.2 Å². The van der Waals surface area contributed by atoms with E-state index in [0.717, 1.165) is 25.7 Å². The maximum absolute atomic E-state index is 12.8. The van der Waals surface area contributed by atoms with Crippen LogP contribution in [-0.4, -0.2) is 28.3 Å². The van der Waals surface area contributed by atoms with Crippen molar-refractivity contribution < 1.29 is 14.3 Å². The van der Waals surface area contributed by atoms with Gasteiger partial charge in [0.2, 0.25) is 0 Å². The molecule has 1 heterocycles. The Balaban J connectivity index is 1.77. The third-order valence-corrected chi connectivity index (χ3v) is 5.48. The summed E-state index contributed by atoms with van der Waals surface area (Å²) < 4.78 is 6.46. The van der Waals surface area contributed by atoms with E-state index >= 15 is 0 Å². The zero-order valence-corrected chi connectivity index (χ0v) is 19.1. The predicted molar refractivity (Wildman–Crippen MR) is 126 cm³/mol. The number of anilines is 1. The Morgan fingerprint density at radius 3 is 2.38 bits per heavy atom. The van der Waals surface area contributed by atoms with Crippen LogP contribution < -0.4 is 10.9 Å². The molecule has 7 nitrogen and oxygen atoms in total. The van der Waals surface area contributed by atoms with Crippen LogP contribution in [0.2, 0.25) is 10.0 Å². The minimum Gasteiger partial charge on any atom is -0.451 e.